The van der Waals surface area contributed by atoms with Gasteiger partial charge < -0.3 is 9.15 Å². The Balaban J connectivity index is 1.55. The quantitative estimate of drug-likeness (QED) is 0.801. The Bertz CT molecular complexity index is 681. The van der Waals surface area contributed by atoms with Crippen molar-refractivity contribution >= 4 is 0 Å². The van der Waals surface area contributed by atoms with E-state index in [1.165, 1.54) is 11.1 Å². The van der Waals surface area contributed by atoms with Crippen LogP contribution >= 0.6 is 0 Å². The number of rotatable bonds is 6. The summed E-state index contributed by atoms with van der Waals surface area (Å²) in [5.41, 5.74) is 2.68. The zero-order valence-electron chi connectivity index (χ0n) is 15.1. The highest BCUT2D eigenvalue weighted by Gasteiger charge is 2.29. The monoisotopic (exact) mass is 329 g/mol. The second-order valence-corrected chi connectivity index (χ2v) is 6.87. The van der Waals surface area contributed by atoms with Gasteiger partial charge in [-0.1, -0.05) is 19.9 Å². The van der Waals surface area contributed by atoms with Gasteiger partial charge in [-0.3, -0.25) is 4.90 Å². The second kappa shape index (κ2) is 7.34. The molecule has 3 rings (SSSR count). The molecule has 1 unspecified atom stereocenters. The maximum absolute atomic E-state index is 5.96. The number of hydrogen-bond donors (Lipinski definition) is 0. The van der Waals surface area contributed by atoms with Gasteiger partial charge in [0, 0.05) is 13.5 Å². The largest absolute Gasteiger partial charge is 0.492 e. The zero-order chi connectivity index (χ0) is 17.1. The van der Waals surface area contributed by atoms with Crippen molar-refractivity contribution in [2.45, 2.75) is 52.5 Å². The highest BCUT2D eigenvalue weighted by Crippen LogP contribution is 2.30. The Morgan fingerprint density at radius 2 is 2.12 bits per heavy atom. The summed E-state index contributed by atoms with van der Waals surface area (Å²) in [5, 5.41) is 8.13. The fourth-order valence-corrected chi connectivity index (χ4v) is 3.49. The molecule has 1 fully saturated rings. The number of aryl methyl sites for hydroxylation is 2. The molecule has 5 heteroatoms. The third-order valence-corrected chi connectivity index (χ3v) is 4.70. The van der Waals surface area contributed by atoms with Gasteiger partial charge in [-0.2, -0.15) is 0 Å². The standard InChI is InChI=1S/C19H27N3O2/c1-13(2)17-8-7-16(12-14(17)3)23-11-10-22-9-5-6-18(22)19-21-20-15(4)24-19/h7-8,12-13,18H,5-6,9-11H2,1-4H3. The van der Waals surface area contributed by atoms with E-state index in [1.807, 2.05) is 6.92 Å². The normalized spacial score (nSPS) is 18.5. The molecule has 0 saturated carbocycles. The summed E-state index contributed by atoms with van der Waals surface area (Å²) in [4.78, 5) is 2.38. The number of nitrogens with zero attached hydrogens (tertiary/aromatic N) is 3. The van der Waals surface area contributed by atoms with Crippen molar-refractivity contribution in [1.29, 1.82) is 0 Å². The molecule has 1 aromatic carbocycles. The second-order valence-electron chi connectivity index (χ2n) is 6.87. The molecule has 2 aromatic rings. The highest BCUT2D eigenvalue weighted by molar-refractivity contribution is 5.36. The first-order chi connectivity index (χ1) is 11.5. The van der Waals surface area contributed by atoms with E-state index < -0.39 is 0 Å². The lowest BCUT2D eigenvalue weighted by molar-refractivity contribution is 0.178. The van der Waals surface area contributed by atoms with Crippen LogP contribution in [0.25, 0.3) is 0 Å². The van der Waals surface area contributed by atoms with Crippen LogP contribution in [0, 0.1) is 13.8 Å². The predicted molar refractivity (Wildman–Crippen MR) is 93.3 cm³/mol. The van der Waals surface area contributed by atoms with E-state index in [4.69, 9.17) is 9.15 Å². The van der Waals surface area contributed by atoms with Crippen molar-refractivity contribution in [3.63, 3.8) is 0 Å². The molecule has 1 aromatic heterocycles. The molecule has 130 valence electrons. The molecule has 5 nitrogen and oxygen atoms in total. The molecular weight excluding hydrogens is 302 g/mol. The molecule has 0 radical (unpaired) electrons. The lowest BCUT2D eigenvalue weighted by Crippen LogP contribution is -2.28. The van der Waals surface area contributed by atoms with Gasteiger partial charge in [0.15, 0.2) is 0 Å². The van der Waals surface area contributed by atoms with Crippen molar-refractivity contribution in [1.82, 2.24) is 15.1 Å². The molecule has 1 atom stereocenters. The first-order valence-electron chi connectivity index (χ1n) is 8.82. The maximum atomic E-state index is 5.96. The van der Waals surface area contributed by atoms with Crippen LogP contribution in [0.15, 0.2) is 22.6 Å². The number of benzene rings is 1. The molecule has 0 aliphatic carbocycles. The third-order valence-electron chi connectivity index (χ3n) is 4.70. The van der Waals surface area contributed by atoms with Crippen LogP contribution in [0.3, 0.4) is 0 Å². The van der Waals surface area contributed by atoms with Crippen LogP contribution in [-0.2, 0) is 0 Å². The SMILES string of the molecule is Cc1nnc(C2CCCN2CCOc2ccc(C(C)C)c(C)c2)o1. The van der Waals surface area contributed by atoms with E-state index in [9.17, 15) is 0 Å². The topological polar surface area (TPSA) is 51.4 Å². The van der Waals surface area contributed by atoms with Crippen LogP contribution in [0.1, 0.15) is 61.6 Å². The summed E-state index contributed by atoms with van der Waals surface area (Å²) < 4.78 is 11.6. The lowest BCUT2D eigenvalue weighted by Gasteiger charge is -2.21. The van der Waals surface area contributed by atoms with Crippen LogP contribution in [0.4, 0.5) is 0 Å². The van der Waals surface area contributed by atoms with Gasteiger partial charge in [0.2, 0.25) is 11.8 Å². The average molecular weight is 329 g/mol. The molecule has 1 aliphatic heterocycles. The van der Waals surface area contributed by atoms with E-state index in [0.29, 0.717) is 18.4 Å². The van der Waals surface area contributed by atoms with E-state index in [0.717, 1.165) is 37.6 Å². The van der Waals surface area contributed by atoms with E-state index in [2.05, 4.69) is 54.1 Å². The molecular formula is C19H27N3O2. The minimum absolute atomic E-state index is 0.236. The summed E-state index contributed by atoms with van der Waals surface area (Å²) in [7, 11) is 0. The van der Waals surface area contributed by atoms with Crippen molar-refractivity contribution in [2.75, 3.05) is 19.7 Å². The van der Waals surface area contributed by atoms with Crippen molar-refractivity contribution < 1.29 is 9.15 Å². The number of likely N-dealkylation sites (tertiary alicyclic amines) is 1. The first kappa shape index (κ1) is 17.0. The molecule has 0 spiro atoms. The van der Waals surface area contributed by atoms with Gasteiger partial charge in [-0.15, -0.1) is 10.2 Å². The number of ether oxygens (including phenoxy) is 1. The first-order valence-corrected chi connectivity index (χ1v) is 8.82. The Hall–Kier alpha value is -1.88. The summed E-state index contributed by atoms with van der Waals surface area (Å²) in [5.74, 6) is 2.86. The summed E-state index contributed by atoms with van der Waals surface area (Å²) in [6.07, 6.45) is 2.23. The predicted octanol–water partition coefficient (Wildman–Crippen LogP) is 4.03. The fraction of sp³-hybridized carbons (Fsp3) is 0.579. The Kier molecular flexibility index (Phi) is 5.19. The van der Waals surface area contributed by atoms with Gasteiger partial charge in [0.25, 0.3) is 0 Å². The minimum Gasteiger partial charge on any atom is -0.492 e. The lowest BCUT2D eigenvalue weighted by atomic mass is 9.98. The molecule has 1 aliphatic rings. The molecule has 0 bridgehead atoms. The van der Waals surface area contributed by atoms with Crippen LogP contribution in [-0.4, -0.2) is 34.8 Å². The molecule has 0 N–H and O–H groups in total. The number of aromatic nitrogens is 2. The highest BCUT2D eigenvalue weighted by atomic mass is 16.5. The smallest absolute Gasteiger partial charge is 0.233 e. The molecule has 24 heavy (non-hydrogen) atoms. The van der Waals surface area contributed by atoms with Crippen molar-refractivity contribution in [3.8, 4) is 5.75 Å². The molecule has 1 saturated heterocycles. The van der Waals surface area contributed by atoms with Gasteiger partial charge in [0.1, 0.15) is 12.4 Å². The average Bonchev–Trinajstić information content (AvgIpc) is 3.15. The summed E-state index contributed by atoms with van der Waals surface area (Å²) in [6.45, 7) is 11.0. The Morgan fingerprint density at radius 1 is 1.29 bits per heavy atom. The summed E-state index contributed by atoms with van der Waals surface area (Å²) in [6, 6.07) is 6.62. The Labute approximate surface area is 144 Å². The van der Waals surface area contributed by atoms with Crippen molar-refractivity contribution in [3.05, 3.63) is 41.1 Å². The minimum atomic E-state index is 0.236. The summed E-state index contributed by atoms with van der Waals surface area (Å²) >= 11 is 0. The van der Waals surface area contributed by atoms with Gasteiger partial charge in [-0.25, -0.2) is 0 Å². The van der Waals surface area contributed by atoms with Gasteiger partial charge in [-0.05, 0) is 55.5 Å². The number of hydrogen-bond acceptors (Lipinski definition) is 5. The van der Waals surface area contributed by atoms with Gasteiger partial charge in [0.05, 0.1) is 6.04 Å². The molecule has 0 amide bonds. The van der Waals surface area contributed by atoms with Crippen LogP contribution in [0.5, 0.6) is 5.75 Å². The van der Waals surface area contributed by atoms with E-state index in [-0.39, 0.29) is 6.04 Å². The van der Waals surface area contributed by atoms with Crippen LogP contribution < -0.4 is 4.74 Å². The van der Waals surface area contributed by atoms with Gasteiger partial charge >= 0.3 is 0 Å². The zero-order valence-corrected chi connectivity index (χ0v) is 15.1. The fourth-order valence-electron chi connectivity index (χ4n) is 3.49. The Morgan fingerprint density at radius 3 is 2.79 bits per heavy atom. The van der Waals surface area contributed by atoms with Crippen molar-refractivity contribution in [2.24, 2.45) is 0 Å². The van der Waals surface area contributed by atoms with Crippen LogP contribution in [0.2, 0.25) is 0 Å². The molecule has 2 heterocycles. The maximum Gasteiger partial charge on any atom is 0.233 e. The van der Waals surface area contributed by atoms with E-state index >= 15 is 0 Å². The van der Waals surface area contributed by atoms with E-state index in [1.54, 1.807) is 0 Å². The third kappa shape index (κ3) is 3.78.